The maximum Gasteiger partial charge on any atom is 0.327 e. The summed E-state index contributed by atoms with van der Waals surface area (Å²) in [7, 11) is 2.99. The van der Waals surface area contributed by atoms with Gasteiger partial charge in [0.15, 0.2) is 0 Å². The molecule has 0 saturated heterocycles. The maximum absolute atomic E-state index is 12.6. The second kappa shape index (κ2) is 8.63. The second-order valence-electron chi connectivity index (χ2n) is 6.40. The predicted molar refractivity (Wildman–Crippen MR) is 93.4 cm³/mol. The topological polar surface area (TPSA) is 82.4 Å². The van der Waals surface area contributed by atoms with Crippen LogP contribution in [0, 0.1) is 11.3 Å². The Bertz CT molecular complexity index is 633. The van der Waals surface area contributed by atoms with E-state index in [2.05, 4.69) is 11.4 Å². The quantitative estimate of drug-likeness (QED) is 0.801. The van der Waals surface area contributed by atoms with Gasteiger partial charge in [-0.05, 0) is 18.4 Å². The number of rotatable bonds is 6. The minimum absolute atomic E-state index is 0.0331. The van der Waals surface area contributed by atoms with Crippen molar-refractivity contribution in [3.8, 4) is 6.07 Å². The average Bonchev–Trinajstić information content (AvgIpc) is 2.68. The van der Waals surface area contributed by atoms with E-state index in [9.17, 15) is 14.9 Å². The Kier molecular flexibility index (Phi) is 6.54. The van der Waals surface area contributed by atoms with Crippen LogP contribution in [0.5, 0.6) is 0 Å². The molecule has 1 aliphatic carbocycles. The third-order valence-electron chi connectivity index (χ3n) is 4.93. The molecule has 25 heavy (non-hydrogen) atoms. The minimum atomic E-state index is -0.732. The molecule has 2 rings (SSSR count). The number of nitriles is 1. The van der Waals surface area contributed by atoms with Crippen LogP contribution in [-0.4, -0.2) is 43.0 Å². The van der Waals surface area contributed by atoms with Gasteiger partial charge in [0.1, 0.15) is 11.6 Å². The normalized spacial score (nSPS) is 17.2. The lowest BCUT2D eigenvalue weighted by molar-refractivity contribution is -0.143. The lowest BCUT2D eigenvalue weighted by Gasteiger charge is -2.39. The summed E-state index contributed by atoms with van der Waals surface area (Å²) in [5.74, 6) is -0.650. The Morgan fingerprint density at radius 2 is 1.92 bits per heavy atom. The van der Waals surface area contributed by atoms with Crippen molar-refractivity contribution in [1.29, 1.82) is 5.26 Å². The summed E-state index contributed by atoms with van der Waals surface area (Å²) in [4.78, 5) is 26.2. The molecule has 0 aliphatic heterocycles. The van der Waals surface area contributed by atoms with Crippen molar-refractivity contribution in [2.45, 2.75) is 43.7 Å². The molecule has 6 nitrogen and oxygen atoms in total. The Labute approximate surface area is 148 Å². The highest BCUT2D eigenvalue weighted by atomic mass is 16.5. The van der Waals surface area contributed by atoms with Crippen molar-refractivity contribution in [3.05, 3.63) is 35.9 Å². The van der Waals surface area contributed by atoms with E-state index in [1.54, 1.807) is 24.1 Å². The van der Waals surface area contributed by atoms with Crippen LogP contribution in [0.3, 0.4) is 0 Å². The molecule has 1 saturated carbocycles. The molecular weight excluding hydrogens is 318 g/mol. The van der Waals surface area contributed by atoms with Gasteiger partial charge in [0.05, 0.1) is 19.7 Å². The van der Waals surface area contributed by atoms with E-state index >= 15 is 0 Å². The number of benzene rings is 1. The van der Waals surface area contributed by atoms with Crippen molar-refractivity contribution < 1.29 is 14.3 Å². The smallest absolute Gasteiger partial charge is 0.327 e. The molecule has 1 aliphatic rings. The fourth-order valence-electron chi connectivity index (χ4n) is 3.31. The first-order valence-corrected chi connectivity index (χ1v) is 8.58. The van der Waals surface area contributed by atoms with Crippen molar-refractivity contribution in [2.24, 2.45) is 0 Å². The van der Waals surface area contributed by atoms with Crippen molar-refractivity contribution >= 4 is 11.9 Å². The summed E-state index contributed by atoms with van der Waals surface area (Å²) in [6.45, 7) is -0.0331. The third-order valence-corrected chi connectivity index (χ3v) is 4.93. The molecule has 1 amide bonds. The minimum Gasteiger partial charge on any atom is -0.468 e. The van der Waals surface area contributed by atoms with Gasteiger partial charge >= 0.3 is 5.97 Å². The number of hydrogen-bond acceptors (Lipinski definition) is 5. The number of nitrogens with zero attached hydrogens (tertiary/aromatic N) is 2. The lowest BCUT2D eigenvalue weighted by Crippen LogP contribution is -2.52. The summed E-state index contributed by atoms with van der Waals surface area (Å²) < 4.78 is 4.84. The highest BCUT2D eigenvalue weighted by Crippen LogP contribution is 2.32. The van der Waals surface area contributed by atoms with Crippen LogP contribution >= 0.6 is 0 Å². The van der Waals surface area contributed by atoms with Crippen LogP contribution in [0.2, 0.25) is 0 Å². The number of carbonyl (C=O) groups excluding carboxylic acids is 2. The van der Waals surface area contributed by atoms with Crippen LogP contribution in [0.15, 0.2) is 30.3 Å². The van der Waals surface area contributed by atoms with Gasteiger partial charge in [0, 0.05) is 7.05 Å². The molecule has 1 N–H and O–H groups in total. The molecule has 0 heterocycles. The Hall–Kier alpha value is -2.39. The van der Waals surface area contributed by atoms with E-state index in [0.717, 1.165) is 24.8 Å². The van der Waals surface area contributed by atoms with Crippen LogP contribution in [0.4, 0.5) is 0 Å². The van der Waals surface area contributed by atoms with Gasteiger partial charge in [-0.2, -0.15) is 5.26 Å². The number of methoxy groups -OCH3 is 1. The van der Waals surface area contributed by atoms with Crippen LogP contribution in [0.1, 0.15) is 43.7 Å². The summed E-state index contributed by atoms with van der Waals surface area (Å²) >= 11 is 0. The number of ether oxygens (including phenoxy) is 1. The first kappa shape index (κ1) is 18.9. The predicted octanol–water partition coefficient (Wildman–Crippen LogP) is 2.18. The molecule has 0 bridgehead atoms. The van der Waals surface area contributed by atoms with E-state index in [1.165, 1.54) is 7.11 Å². The van der Waals surface area contributed by atoms with E-state index in [4.69, 9.17) is 4.74 Å². The zero-order valence-electron chi connectivity index (χ0n) is 14.8. The van der Waals surface area contributed by atoms with Gasteiger partial charge in [-0.1, -0.05) is 49.6 Å². The standard InChI is InChI=1S/C19H25N3O3/c1-22(19(14-20)11-7-4-8-12-19)16(23)13-21-17(18(24)25-2)15-9-5-3-6-10-15/h3,5-6,9-10,17,21H,4,7-8,11-13H2,1-2H3. The molecular formula is C19H25N3O3. The fraction of sp³-hybridized carbons (Fsp3) is 0.526. The van der Waals surface area contributed by atoms with Gasteiger partial charge in [0.25, 0.3) is 0 Å². The molecule has 134 valence electrons. The SMILES string of the molecule is COC(=O)C(NCC(=O)N(C)C1(C#N)CCCCC1)c1ccccc1. The first-order valence-electron chi connectivity index (χ1n) is 8.58. The summed E-state index contributed by atoms with van der Waals surface area (Å²) in [5, 5.41) is 12.6. The number of esters is 1. The molecule has 1 unspecified atom stereocenters. The van der Waals surface area contributed by atoms with Gasteiger partial charge < -0.3 is 9.64 Å². The largest absolute Gasteiger partial charge is 0.468 e. The summed E-state index contributed by atoms with van der Waals surface area (Å²) in [6, 6.07) is 10.7. The number of nitrogens with one attached hydrogen (secondary N) is 1. The lowest BCUT2D eigenvalue weighted by atomic mass is 9.81. The van der Waals surface area contributed by atoms with Crippen LogP contribution in [-0.2, 0) is 14.3 Å². The second-order valence-corrected chi connectivity index (χ2v) is 6.40. The van der Waals surface area contributed by atoms with E-state index < -0.39 is 17.6 Å². The maximum atomic E-state index is 12.6. The zero-order chi connectivity index (χ0) is 18.3. The Balaban J connectivity index is 2.05. The number of hydrogen-bond donors (Lipinski definition) is 1. The van der Waals surface area contributed by atoms with Crippen molar-refractivity contribution in [3.63, 3.8) is 0 Å². The van der Waals surface area contributed by atoms with E-state index in [1.807, 2.05) is 18.2 Å². The van der Waals surface area contributed by atoms with Gasteiger partial charge in [-0.3, -0.25) is 10.1 Å². The average molecular weight is 343 g/mol. The zero-order valence-corrected chi connectivity index (χ0v) is 14.8. The number of amides is 1. The first-order chi connectivity index (χ1) is 12.0. The molecule has 1 aromatic rings. The van der Waals surface area contributed by atoms with Gasteiger partial charge in [-0.15, -0.1) is 0 Å². The van der Waals surface area contributed by atoms with Crippen LogP contribution < -0.4 is 5.32 Å². The van der Waals surface area contributed by atoms with Crippen molar-refractivity contribution in [2.75, 3.05) is 20.7 Å². The van der Waals surface area contributed by atoms with Gasteiger partial charge in [-0.25, -0.2) is 4.79 Å². The molecule has 1 fully saturated rings. The van der Waals surface area contributed by atoms with Gasteiger partial charge in [0.2, 0.25) is 5.91 Å². The fourth-order valence-corrected chi connectivity index (χ4v) is 3.31. The summed E-state index contributed by atoms with van der Waals surface area (Å²) in [6.07, 6.45) is 4.40. The van der Waals surface area contributed by atoms with Crippen molar-refractivity contribution in [1.82, 2.24) is 10.2 Å². The molecule has 0 radical (unpaired) electrons. The highest BCUT2D eigenvalue weighted by molar-refractivity contribution is 5.82. The summed E-state index contributed by atoms with van der Waals surface area (Å²) in [5.41, 5.74) is 0.00214. The third kappa shape index (κ3) is 4.37. The molecule has 0 spiro atoms. The molecule has 0 aromatic heterocycles. The Morgan fingerprint density at radius 1 is 1.28 bits per heavy atom. The van der Waals surface area contributed by atoms with E-state index in [0.29, 0.717) is 12.8 Å². The molecule has 1 aromatic carbocycles. The number of likely N-dealkylation sites (N-methyl/N-ethyl adjacent to an activating group) is 1. The monoisotopic (exact) mass is 343 g/mol. The van der Waals surface area contributed by atoms with E-state index in [-0.39, 0.29) is 12.5 Å². The highest BCUT2D eigenvalue weighted by Gasteiger charge is 2.38. The molecule has 1 atom stereocenters. The Morgan fingerprint density at radius 3 is 2.48 bits per heavy atom. The van der Waals surface area contributed by atoms with Crippen LogP contribution in [0.25, 0.3) is 0 Å². The number of carbonyl (C=O) groups is 2. The molecule has 6 heteroatoms.